The summed E-state index contributed by atoms with van der Waals surface area (Å²) >= 11 is 0. The van der Waals surface area contributed by atoms with Gasteiger partial charge in [-0.3, -0.25) is 0 Å². The van der Waals surface area contributed by atoms with Crippen LogP contribution in [0.5, 0.6) is 0 Å². The average molecular weight is 685 g/mol. The van der Waals surface area contributed by atoms with Gasteiger partial charge in [0, 0.05) is 40.1 Å². The van der Waals surface area contributed by atoms with Crippen LogP contribution in [-0.2, 0) is 37.9 Å². The lowest BCUT2D eigenvalue weighted by Gasteiger charge is -2.53. The molecule has 3 saturated heterocycles. The molecule has 0 bridgehead atoms. The summed E-state index contributed by atoms with van der Waals surface area (Å²) in [7, 11) is 4.54. The lowest BCUT2D eigenvalue weighted by Crippen LogP contribution is -2.63. The fourth-order valence-electron chi connectivity index (χ4n) is 7.91. The van der Waals surface area contributed by atoms with Crippen LogP contribution in [0, 0.1) is 11.8 Å². The van der Waals surface area contributed by atoms with E-state index >= 15 is 0 Å². The van der Waals surface area contributed by atoms with Gasteiger partial charge in [-0.15, -0.1) is 0 Å². The zero-order valence-electron chi connectivity index (χ0n) is 26.8. The Morgan fingerprint density at radius 1 is 0.511 bits per heavy atom. The van der Waals surface area contributed by atoms with E-state index in [9.17, 15) is 46.0 Å². The molecule has 3 heterocycles. The van der Waals surface area contributed by atoms with Gasteiger partial charge in [-0.25, -0.2) is 0 Å². The number of aliphatic hydroxyl groups is 9. The van der Waals surface area contributed by atoms with Crippen molar-refractivity contribution in [3.05, 3.63) is 0 Å². The molecule has 5 rings (SSSR count). The normalized spacial score (nSPS) is 52.6. The number of methoxy groups -OCH3 is 3. The molecular formula is C30H52O17. The van der Waals surface area contributed by atoms with Crippen molar-refractivity contribution in [3.8, 4) is 0 Å². The molecule has 0 amide bonds. The third-order valence-corrected chi connectivity index (χ3v) is 10.7. The van der Waals surface area contributed by atoms with E-state index in [4.69, 9.17) is 37.9 Å². The Kier molecular flexibility index (Phi) is 12.9. The minimum atomic E-state index is -1.67. The Bertz CT molecular complexity index is 961. The van der Waals surface area contributed by atoms with Crippen LogP contribution in [-0.4, -0.2) is 191 Å². The van der Waals surface area contributed by atoms with E-state index in [1.165, 1.54) is 14.2 Å². The molecule has 9 N–H and O–H groups in total. The number of fused-ring (bicyclic) bond motifs is 1. The number of hydrogen-bond donors (Lipinski definition) is 9. The molecule has 2 aliphatic carbocycles. The van der Waals surface area contributed by atoms with Crippen LogP contribution in [0.15, 0.2) is 0 Å². The first kappa shape index (κ1) is 37.6. The summed E-state index contributed by atoms with van der Waals surface area (Å²) in [5.74, 6) is -0.706. The van der Waals surface area contributed by atoms with Gasteiger partial charge < -0.3 is 83.9 Å². The van der Waals surface area contributed by atoms with Crippen LogP contribution >= 0.6 is 0 Å². The Morgan fingerprint density at radius 3 is 1.49 bits per heavy atom. The van der Waals surface area contributed by atoms with Gasteiger partial charge >= 0.3 is 0 Å². The van der Waals surface area contributed by atoms with Crippen molar-refractivity contribution in [2.75, 3.05) is 34.5 Å². The van der Waals surface area contributed by atoms with E-state index in [2.05, 4.69) is 0 Å². The summed E-state index contributed by atoms with van der Waals surface area (Å²) in [5.41, 5.74) is 0. The van der Waals surface area contributed by atoms with Crippen molar-refractivity contribution >= 4 is 0 Å². The maximum absolute atomic E-state index is 10.8. The lowest BCUT2D eigenvalue weighted by atomic mass is 9.72. The predicted molar refractivity (Wildman–Crippen MR) is 154 cm³/mol. The Hall–Kier alpha value is -0.680. The number of aliphatic hydroxyl groups excluding tert-OH is 9. The fraction of sp³-hybridized carbons (Fsp3) is 1.00. The molecule has 5 fully saturated rings. The van der Waals surface area contributed by atoms with Crippen molar-refractivity contribution in [1.29, 1.82) is 0 Å². The largest absolute Gasteiger partial charge is 0.394 e. The van der Waals surface area contributed by atoms with Crippen molar-refractivity contribution < 1.29 is 83.9 Å². The van der Waals surface area contributed by atoms with Gasteiger partial charge in [0.15, 0.2) is 12.6 Å². The van der Waals surface area contributed by atoms with Gasteiger partial charge in [0.05, 0.1) is 55.9 Å². The summed E-state index contributed by atoms with van der Waals surface area (Å²) < 4.78 is 47.6. The maximum Gasteiger partial charge on any atom is 0.187 e. The van der Waals surface area contributed by atoms with Crippen molar-refractivity contribution in [3.63, 3.8) is 0 Å². The number of ether oxygens (including phenoxy) is 8. The molecule has 3 aliphatic heterocycles. The molecule has 0 aromatic rings. The fourth-order valence-corrected chi connectivity index (χ4v) is 7.91. The monoisotopic (exact) mass is 684 g/mol. The van der Waals surface area contributed by atoms with Crippen LogP contribution < -0.4 is 0 Å². The van der Waals surface area contributed by atoms with Crippen LogP contribution in [0.1, 0.15) is 32.1 Å². The molecule has 0 aromatic heterocycles. The standard InChI is InChI=1S/C30H52O17/c1-40-12-6-14-13(15(7-12)44-29-26(38)24(36)22(34)19(9-31)46-29)8-18(45-30-27(39)25(37)23(35)20(10-32)47-30)28(43-14)11-4-16(41-2)21(33)17(5-11)42-3/h11-39H,4-10H2,1-3H3/t11?,12?,13?,14?,15?,16?,17?,18?,19-,20-,21?,22-,23-,24+,25+,26-,27-,28?,29-,30-/m1/s1. The van der Waals surface area contributed by atoms with Gasteiger partial charge in [0.25, 0.3) is 0 Å². The van der Waals surface area contributed by atoms with E-state index in [0.29, 0.717) is 25.7 Å². The topological polar surface area (TPSA) is 256 Å². The second-order valence-electron chi connectivity index (χ2n) is 13.4. The summed E-state index contributed by atoms with van der Waals surface area (Å²) in [6.07, 6.45) is -18.2. The first-order valence-corrected chi connectivity index (χ1v) is 16.3. The van der Waals surface area contributed by atoms with E-state index in [-0.39, 0.29) is 18.4 Å². The van der Waals surface area contributed by atoms with Crippen LogP contribution in [0.25, 0.3) is 0 Å². The molecule has 0 spiro atoms. The first-order chi connectivity index (χ1) is 22.4. The second kappa shape index (κ2) is 16.1. The highest BCUT2D eigenvalue weighted by atomic mass is 16.7. The van der Waals surface area contributed by atoms with Crippen LogP contribution in [0.4, 0.5) is 0 Å². The highest BCUT2D eigenvalue weighted by Gasteiger charge is 2.55. The third kappa shape index (κ3) is 7.67. The minimum Gasteiger partial charge on any atom is -0.394 e. The summed E-state index contributed by atoms with van der Waals surface area (Å²) in [5, 5.41) is 93.2. The molecule has 5 aliphatic rings. The predicted octanol–water partition coefficient (Wildman–Crippen LogP) is -4.26. The SMILES string of the molecule is COC1CC2OC(C3CC(OC)C(O)C(OC)C3)C(O[C@@H]3O[C@H](CO)[C@@H](O)[C@H](O)[C@H]3O)CC2C(O[C@@H]2O[C@H](CO)[C@@H](O)[C@H](O)[C@H]2O)C1. The molecule has 0 radical (unpaired) electrons. The third-order valence-electron chi connectivity index (χ3n) is 10.7. The van der Waals surface area contributed by atoms with E-state index < -0.39 is 123 Å². The molecule has 17 heteroatoms. The Balaban J connectivity index is 1.43. The second-order valence-corrected chi connectivity index (χ2v) is 13.4. The summed E-state index contributed by atoms with van der Waals surface area (Å²) in [6.45, 7) is -1.26. The molecule has 274 valence electrons. The van der Waals surface area contributed by atoms with E-state index in [1.807, 2.05) is 0 Å². The van der Waals surface area contributed by atoms with Gasteiger partial charge in [-0.1, -0.05) is 0 Å². The first-order valence-electron chi connectivity index (χ1n) is 16.3. The highest BCUT2D eigenvalue weighted by Crippen LogP contribution is 2.45. The molecule has 17 nitrogen and oxygen atoms in total. The molecule has 47 heavy (non-hydrogen) atoms. The van der Waals surface area contributed by atoms with Gasteiger partial charge in [-0.2, -0.15) is 0 Å². The van der Waals surface area contributed by atoms with Crippen molar-refractivity contribution in [2.24, 2.45) is 11.8 Å². The smallest absolute Gasteiger partial charge is 0.187 e. The van der Waals surface area contributed by atoms with Crippen molar-refractivity contribution in [1.82, 2.24) is 0 Å². The zero-order chi connectivity index (χ0) is 34.2. The Labute approximate surface area is 272 Å². The summed E-state index contributed by atoms with van der Waals surface area (Å²) in [4.78, 5) is 0. The quantitative estimate of drug-likeness (QED) is 0.106. The Morgan fingerprint density at radius 2 is 1.02 bits per heavy atom. The molecule has 8 unspecified atom stereocenters. The van der Waals surface area contributed by atoms with Crippen molar-refractivity contribution in [2.45, 2.75) is 142 Å². The molecule has 18 atom stereocenters. The van der Waals surface area contributed by atoms with E-state index in [0.717, 1.165) is 0 Å². The highest BCUT2D eigenvalue weighted by molar-refractivity contribution is 5.01. The molecule has 0 aromatic carbocycles. The van der Waals surface area contributed by atoms with Gasteiger partial charge in [0.2, 0.25) is 0 Å². The molecule has 2 saturated carbocycles. The summed E-state index contributed by atoms with van der Waals surface area (Å²) in [6, 6.07) is 0. The maximum atomic E-state index is 10.8. The lowest BCUT2D eigenvalue weighted by molar-refractivity contribution is -0.345. The van der Waals surface area contributed by atoms with Gasteiger partial charge in [-0.05, 0) is 25.2 Å². The number of rotatable bonds is 10. The van der Waals surface area contributed by atoms with Gasteiger partial charge in [0.1, 0.15) is 54.9 Å². The minimum absolute atomic E-state index is 0.247. The molecular weight excluding hydrogens is 632 g/mol. The van der Waals surface area contributed by atoms with Crippen LogP contribution in [0.2, 0.25) is 0 Å². The number of hydrogen-bond acceptors (Lipinski definition) is 17. The van der Waals surface area contributed by atoms with E-state index in [1.54, 1.807) is 7.11 Å². The average Bonchev–Trinajstić information content (AvgIpc) is 3.08. The zero-order valence-corrected chi connectivity index (χ0v) is 26.8. The van der Waals surface area contributed by atoms with Crippen LogP contribution in [0.3, 0.4) is 0 Å².